The quantitative estimate of drug-likeness (QED) is 0.556. The summed E-state index contributed by atoms with van der Waals surface area (Å²) in [7, 11) is 0. The number of ketones is 2. The maximum Gasteiger partial charge on any atom is 0.164 e. The van der Waals surface area contributed by atoms with Crippen molar-refractivity contribution in [1.82, 2.24) is 0 Å². The smallest absolute Gasteiger partial charge is 0.164 e. The van der Waals surface area contributed by atoms with Gasteiger partial charge in [-0.2, -0.15) is 0 Å². The average molecular weight is 318 g/mol. The fourth-order valence-corrected chi connectivity index (χ4v) is 2.99. The number of benzene rings is 1. The summed E-state index contributed by atoms with van der Waals surface area (Å²) in [5.74, 6) is 0.794. The molecule has 0 spiro atoms. The number of phenolic OH excluding ortho intramolecular Hbond substituents is 1. The molecule has 0 aromatic heterocycles. The third-order valence-electron chi connectivity index (χ3n) is 4.28. The Labute approximate surface area is 137 Å². The van der Waals surface area contributed by atoms with E-state index in [0.29, 0.717) is 31.6 Å². The highest BCUT2D eigenvalue weighted by atomic mass is 16.5. The Bertz CT molecular complexity index is 563. The van der Waals surface area contributed by atoms with Crippen LogP contribution in [0.2, 0.25) is 0 Å². The Balaban J connectivity index is 1.86. The Morgan fingerprint density at radius 2 is 1.96 bits per heavy atom. The number of ether oxygens (including phenoxy) is 1. The number of unbranched alkanes of at least 4 members (excludes halogenated alkanes) is 2. The van der Waals surface area contributed by atoms with Gasteiger partial charge in [0.2, 0.25) is 0 Å². The molecule has 0 saturated carbocycles. The molecule has 1 aromatic rings. The molecule has 4 nitrogen and oxygen atoms in total. The number of aryl methyl sites for hydroxylation is 1. The van der Waals surface area contributed by atoms with Gasteiger partial charge in [0, 0.05) is 18.4 Å². The van der Waals surface area contributed by atoms with Crippen LogP contribution in [0.25, 0.3) is 0 Å². The third-order valence-corrected chi connectivity index (χ3v) is 4.28. The molecule has 1 aliphatic heterocycles. The van der Waals surface area contributed by atoms with Gasteiger partial charge in [0.15, 0.2) is 11.5 Å². The molecule has 23 heavy (non-hydrogen) atoms. The van der Waals surface area contributed by atoms with Crippen LogP contribution in [0.1, 0.15) is 63.0 Å². The zero-order valence-corrected chi connectivity index (χ0v) is 13.9. The highest BCUT2D eigenvalue weighted by Gasteiger charge is 2.19. The van der Waals surface area contributed by atoms with Crippen molar-refractivity contribution in [3.05, 3.63) is 23.3 Å². The van der Waals surface area contributed by atoms with Gasteiger partial charge in [0.25, 0.3) is 0 Å². The normalized spacial score (nSPS) is 13.3. The highest BCUT2D eigenvalue weighted by molar-refractivity contribution is 5.99. The Morgan fingerprint density at radius 3 is 2.74 bits per heavy atom. The molecule has 1 heterocycles. The fourth-order valence-electron chi connectivity index (χ4n) is 2.99. The van der Waals surface area contributed by atoms with E-state index in [2.05, 4.69) is 6.92 Å². The van der Waals surface area contributed by atoms with Crippen molar-refractivity contribution in [2.45, 2.75) is 64.7 Å². The molecule has 0 fully saturated rings. The largest absolute Gasteiger partial charge is 0.504 e. The van der Waals surface area contributed by atoms with E-state index >= 15 is 0 Å². The number of carbonyl (C=O) groups is 2. The molecule has 1 aliphatic rings. The Morgan fingerprint density at radius 1 is 1.17 bits per heavy atom. The van der Waals surface area contributed by atoms with E-state index in [9.17, 15) is 14.7 Å². The van der Waals surface area contributed by atoms with Crippen LogP contribution in [0, 0.1) is 0 Å². The van der Waals surface area contributed by atoms with Crippen LogP contribution < -0.4 is 4.74 Å². The van der Waals surface area contributed by atoms with Crippen LogP contribution in [0.3, 0.4) is 0 Å². The minimum Gasteiger partial charge on any atom is -0.504 e. The van der Waals surface area contributed by atoms with Crippen molar-refractivity contribution in [2.75, 3.05) is 6.61 Å². The molecule has 0 atom stereocenters. The second-order valence-corrected chi connectivity index (χ2v) is 6.21. The van der Waals surface area contributed by atoms with Gasteiger partial charge in [-0.1, -0.05) is 25.8 Å². The van der Waals surface area contributed by atoms with E-state index in [4.69, 9.17) is 4.74 Å². The second kappa shape index (κ2) is 8.70. The third kappa shape index (κ3) is 5.08. The van der Waals surface area contributed by atoms with E-state index in [1.165, 1.54) is 0 Å². The summed E-state index contributed by atoms with van der Waals surface area (Å²) in [4.78, 5) is 23.7. The van der Waals surface area contributed by atoms with Gasteiger partial charge in [-0.25, -0.2) is 0 Å². The summed E-state index contributed by atoms with van der Waals surface area (Å²) in [6.07, 6.45) is 6.34. The summed E-state index contributed by atoms with van der Waals surface area (Å²) in [6.45, 7) is 2.72. The molecule has 126 valence electrons. The number of hydrogen-bond acceptors (Lipinski definition) is 4. The number of rotatable bonds is 9. The topological polar surface area (TPSA) is 63.6 Å². The molecule has 0 saturated heterocycles. The van der Waals surface area contributed by atoms with E-state index in [0.717, 1.165) is 43.2 Å². The molecular weight excluding hydrogens is 292 g/mol. The first-order chi connectivity index (χ1) is 11.1. The zero-order chi connectivity index (χ0) is 16.7. The first-order valence-electron chi connectivity index (χ1n) is 8.61. The van der Waals surface area contributed by atoms with Crippen LogP contribution in [0.4, 0.5) is 0 Å². The van der Waals surface area contributed by atoms with Gasteiger partial charge < -0.3 is 9.84 Å². The minimum absolute atomic E-state index is 0.00468. The Hall–Kier alpha value is -1.84. The van der Waals surface area contributed by atoms with Gasteiger partial charge in [0.1, 0.15) is 11.6 Å². The number of fused-ring (bicyclic) bond motifs is 1. The molecule has 0 unspecified atom stereocenters. The summed E-state index contributed by atoms with van der Waals surface area (Å²) in [5, 5.41) is 9.84. The molecule has 0 aliphatic carbocycles. The fraction of sp³-hybridized carbons (Fsp3) is 0.579. The molecule has 0 amide bonds. The van der Waals surface area contributed by atoms with Crippen LogP contribution in [0.5, 0.6) is 11.5 Å². The first kappa shape index (κ1) is 17.5. The monoisotopic (exact) mass is 318 g/mol. The summed E-state index contributed by atoms with van der Waals surface area (Å²) in [5.41, 5.74) is 2.06. The lowest BCUT2D eigenvalue weighted by atomic mass is 9.94. The van der Waals surface area contributed by atoms with E-state index in [1.54, 1.807) is 6.07 Å². The highest BCUT2D eigenvalue weighted by Crippen LogP contribution is 2.36. The van der Waals surface area contributed by atoms with Crippen LogP contribution >= 0.6 is 0 Å². The molecule has 2 rings (SSSR count). The van der Waals surface area contributed by atoms with E-state index in [-0.39, 0.29) is 23.7 Å². The molecule has 1 N–H and O–H groups in total. The summed E-state index contributed by atoms with van der Waals surface area (Å²) >= 11 is 0. The maximum atomic E-state index is 12.0. The van der Waals surface area contributed by atoms with Crippen LogP contribution in [0.15, 0.2) is 12.1 Å². The molecule has 4 heteroatoms. The van der Waals surface area contributed by atoms with Crippen molar-refractivity contribution < 1.29 is 19.4 Å². The van der Waals surface area contributed by atoms with Gasteiger partial charge in [-0.15, -0.1) is 0 Å². The average Bonchev–Trinajstić information content (AvgIpc) is 2.55. The SMILES string of the molecule is CCCCCC(=O)CC(=O)CCc1ccc(O)c2c1CCCO2. The lowest BCUT2D eigenvalue weighted by Gasteiger charge is -2.21. The maximum absolute atomic E-state index is 12.0. The Kier molecular flexibility index (Phi) is 6.63. The number of hydrogen-bond donors (Lipinski definition) is 1. The van der Waals surface area contributed by atoms with Crippen molar-refractivity contribution in [3.63, 3.8) is 0 Å². The number of carbonyl (C=O) groups excluding carboxylic acids is 2. The van der Waals surface area contributed by atoms with Gasteiger partial charge in [0.05, 0.1) is 13.0 Å². The summed E-state index contributed by atoms with van der Waals surface area (Å²) in [6, 6.07) is 3.49. The second-order valence-electron chi connectivity index (χ2n) is 6.21. The van der Waals surface area contributed by atoms with E-state index < -0.39 is 0 Å². The minimum atomic E-state index is 0.00468. The van der Waals surface area contributed by atoms with Crippen molar-refractivity contribution in [3.8, 4) is 11.5 Å². The number of aromatic hydroxyl groups is 1. The molecule has 1 aromatic carbocycles. The number of Topliss-reactive ketones (excluding diaryl/α,β-unsaturated/α-hetero) is 2. The summed E-state index contributed by atoms with van der Waals surface area (Å²) < 4.78 is 5.53. The standard InChI is InChI=1S/C19H26O4/c1-2-3-4-6-15(20)13-16(21)10-8-14-9-11-18(22)19-17(14)7-5-12-23-19/h9,11,22H,2-8,10,12-13H2,1H3. The van der Waals surface area contributed by atoms with E-state index in [1.807, 2.05) is 6.07 Å². The van der Waals surface area contributed by atoms with Crippen molar-refractivity contribution >= 4 is 11.6 Å². The van der Waals surface area contributed by atoms with Crippen LogP contribution in [-0.4, -0.2) is 23.3 Å². The van der Waals surface area contributed by atoms with Crippen molar-refractivity contribution in [2.24, 2.45) is 0 Å². The van der Waals surface area contributed by atoms with Gasteiger partial charge in [-0.05, 0) is 37.3 Å². The number of phenols is 1. The predicted molar refractivity (Wildman–Crippen MR) is 89.0 cm³/mol. The molecule has 0 bridgehead atoms. The van der Waals surface area contributed by atoms with Crippen LogP contribution in [-0.2, 0) is 22.4 Å². The van der Waals surface area contributed by atoms with Gasteiger partial charge in [-0.3, -0.25) is 9.59 Å². The van der Waals surface area contributed by atoms with Crippen molar-refractivity contribution in [1.29, 1.82) is 0 Å². The molecule has 0 radical (unpaired) electrons. The van der Waals surface area contributed by atoms with Gasteiger partial charge >= 0.3 is 0 Å². The predicted octanol–water partition coefficient (Wildman–Crippen LogP) is 3.76. The lowest BCUT2D eigenvalue weighted by molar-refractivity contribution is -0.127. The molecular formula is C19H26O4. The first-order valence-corrected chi connectivity index (χ1v) is 8.61. The zero-order valence-electron chi connectivity index (χ0n) is 13.9. The lowest BCUT2D eigenvalue weighted by Crippen LogP contribution is -2.12.